The predicted molar refractivity (Wildman–Crippen MR) is 63.0 cm³/mol. The fraction of sp³-hybridized carbons (Fsp3) is 0.231. The van der Waals surface area contributed by atoms with Crippen LogP contribution in [0.15, 0.2) is 30.3 Å². The zero-order valence-electron chi connectivity index (χ0n) is 9.18. The topological polar surface area (TPSA) is 66.0 Å². The van der Waals surface area contributed by atoms with E-state index in [0.29, 0.717) is 5.69 Å². The highest BCUT2D eigenvalue weighted by Gasteiger charge is 2.23. The van der Waals surface area contributed by atoms with E-state index in [4.69, 9.17) is 5.11 Å². The van der Waals surface area contributed by atoms with Gasteiger partial charge in [-0.25, -0.2) is 4.79 Å². The summed E-state index contributed by atoms with van der Waals surface area (Å²) in [5.41, 5.74) is 3.09. The van der Waals surface area contributed by atoms with Crippen molar-refractivity contribution in [2.75, 3.05) is 0 Å². The van der Waals surface area contributed by atoms with Gasteiger partial charge in [-0.1, -0.05) is 24.3 Å². The second-order valence-corrected chi connectivity index (χ2v) is 4.37. The number of carbonyl (C=O) groups is 1. The Morgan fingerprint density at radius 1 is 1.29 bits per heavy atom. The van der Waals surface area contributed by atoms with Gasteiger partial charge in [-0.3, -0.25) is 5.10 Å². The lowest BCUT2D eigenvalue weighted by Crippen LogP contribution is -1.95. The van der Waals surface area contributed by atoms with Gasteiger partial charge < -0.3 is 5.11 Å². The third-order valence-electron chi connectivity index (χ3n) is 3.06. The number of H-pyrrole nitrogens is 1. The third kappa shape index (κ3) is 1.93. The fourth-order valence-electron chi connectivity index (χ4n) is 1.92. The van der Waals surface area contributed by atoms with Crippen molar-refractivity contribution < 1.29 is 9.90 Å². The molecule has 1 aromatic heterocycles. The molecule has 0 aliphatic heterocycles. The number of hydrogen-bond acceptors (Lipinski definition) is 2. The number of carboxylic acid groups (broad SMARTS) is 1. The molecule has 86 valence electrons. The van der Waals surface area contributed by atoms with Gasteiger partial charge >= 0.3 is 5.97 Å². The SMILES string of the molecule is O=C(O)c1cc(-c2ccc(C3CC3)cc2)n[nH]1. The molecule has 0 bridgehead atoms. The summed E-state index contributed by atoms with van der Waals surface area (Å²) in [5.74, 6) is -0.254. The lowest BCUT2D eigenvalue weighted by atomic mass is 10.1. The molecule has 17 heavy (non-hydrogen) atoms. The first-order valence-electron chi connectivity index (χ1n) is 5.63. The van der Waals surface area contributed by atoms with Gasteiger partial charge in [0.25, 0.3) is 0 Å². The van der Waals surface area contributed by atoms with E-state index in [1.54, 1.807) is 6.07 Å². The summed E-state index contributed by atoms with van der Waals surface area (Å²) in [6, 6.07) is 9.74. The van der Waals surface area contributed by atoms with Crippen LogP contribution in [0.25, 0.3) is 11.3 Å². The summed E-state index contributed by atoms with van der Waals surface area (Å²) in [6.45, 7) is 0. The van der Waals surface area contributed by atoms with Crippen LogP contribution in [0.1, 0.15) is 34.8 Å². The molecular weight excluding hydrogens is 216 g/mol. The average molecular weight is 228 g/mol. The number of benzene rings is 1. The Kier molecular flexibility index (Phi) is 2.21. The van der Waals surface area contributed by atoms with Crippen LogP contribution in [-0.4, -0.2) is 21.3 Å². The van der Waals surface area contributed by atoms with Gasteiger partial charge in [0.15, 0.2) is 0 Å². The number of carboxylic acids is 1. The molecule has 1 fully saturated rings. The molecule has 1 heterocycles. The molecule has 0 radical (unpaired) electrons. The Hall–Kier alpha value is -2.10. The number of aromatic nitrogens is 2. The molecular formula is C13H12N2O2. The molecule has 0 unspecified atom stereocenters. The molecule has 4 nitrogen and oxygen atoms in total. The van der Waals surface area contributed by atoms with Gasteiger partial charge in [-0.15, -0.1) is 0 Å². The third-order valence-corrected chi connectivity index (χ3v) is 3.06. The molecule has 0 amide bonds. The monoisotopic (exact) mass is 228 g/mol. The Bertz CT molecular complexity index is 553. The van der Waals surface area contributed by atoms with Gasteiger partial charge in [0.2, 0.25) is 0 Å². The van der Waals surface area contributed by atoms with Gasteiger partial charge in [-0.2, -0.15) is 5.10 Å². The summed E-state index contributed by atoms with van der Waals surface area (Å²) in [4.78, 5) is 10.7. The maximum atomic E-state index is 10.7. The van der Waals surface area contributed by atoms with Gasteiger partial charge in [0, 0.05) is 5.56 Å². The molecule has 0 spiro atoms. The Balaban J connectivity index is 1.88. The first-order chi connectivity index (χ1) is 8.24. The van der Waals surface area contributed by atoms with Gasteiger partial charge in [-0.05, 0) is 30.4 Å². The van der Waals surface area contributed by atoms with Crippen molar-refractivity contribution in [3.05, 3.63) is 41.6 Å². The second kappa shape index (κ2) is 3.73. The minimum Gasteiger partial charge on any atom is -0.477 e. The molecule has 2 aromatic rings. The molecule has 1 aromatic carbocycles. The number of nitrogens with one attached hydrogen (secondary N) is 1. The number of hydrogen-bond donors (Lipinski definition) is 2. The highest BCUT2D eigenvalue weighted by atomic mass is 16.4. The van der Waals surface area contributed by atoms with Crippen molar-refractivity contribution in [1.82, 2.24) is 10.2 Å². The Labute approximate surface area is 98.3 Å². The van der Waals surface area contributed by atoms with E-state index in [2.05, 4.69) is 22.3 Å². The minimum absolute atomic E-state index is 0.117. The Morgan fingerprint density at radius 2 is 2.00 bits per heavy atom. The molecule has 0 atom stereocenters. The van der Waals surface area contributed by atoms with Crippen molar-refractivity contribution in [3.63, 3.8) is 0 Å². The highest BCUT2D eigenvalue weighted by molar-refractivity contribution is 5.86. The number of rotatable bonds is 3. The smallest absolute Gasteiger partial charge is 0.353 e. The lowest BCUT2D eigenvalue weighted by Gasteiger charge is -1.99. The molecule has 1 saturated carbocycles. The molecule has 3 rings (SSSR count). The summed E-state index contributed by atoms with van der Waals surface area (Å²) in [7, 11) is 0. The van der Waals surface area contributed by atoms with Crippen molar-refractivity contribution in [1.29, 1.82) is 0 Å². The summed E-state index contributed by atoms with van der Waals surface area (Å²) >= 11 is 0. The van der Waals surface area contributed by atoms with E-state index < -0.39 is 5.97 Å². The van der Waals surface area contributed by atoms with E-state index in [1.165, 1.54) is 18.4 Å². The average Bonchev–Trinajstić information content (AvgIpc) is 3.06. The normalized spacial score (nSPS) is 14.8. The van der Waals surface area contributed by atoms with Crippen LogP contribution in [0, 0.1) is 0 Å². The second-order valence-electron chi connectivity index (χ2n) is 4.37. The molecule has 4 heteroatoms. The van der Waals surface area contributed by atoms with Crippen LogP contribution in [-0.2, 0) is 0 Å². The predicted octanol–water partition coefficient (Wildman–Crippen LogP) is 2.65. The molecule has 1 aliphatic rings. The molecule has 2 N–H and O–H groups in total. The van der Waals surface area contributed by atoms with E-state index in [-0.39, 0.29) is 5.69 Å². The zero-order chi connectivity index (χ0) is 11.8. The molecule has 1 aliphatic carbocycles. The summed E-state index contributed by atoms with van der Waals surface area (Å²) in [6.07, 6.45) is 2.57. The standard InChI is InChI=1S/C13H12N2O2/c16-13(17)12-7-11(14-15-12)10-5-3-9(4-6-10)8-1-2-8/h3-8H,1-2H2,(H,14,15)(H,16,17). The number of nitrogens with zero attached hydrogens (tertiary/aromatic N) is 1. The molecule has 0 saturated heterocycles. The van der Waals surface area contributed by atoms with Crippen LogP contribution in [0.2, 0.25) is 0 Å². The van der Waals surface area contributed by atoms with E-state index >= 15 is 0 Å². The van der Waals surface area contributed by atoms with Crippen molar-refractivity contribution in [3.8, 4) is 11.3 Å². The van der Waals surface area contributed by atoms with Crippen LogP contribution >= 0.6 is 0 Å². The Morgan fingerprint density at radius 3 is 2.53 bits per heavy atom. The van der Waals surface area contributed by atoms with Crippen molar-refractivity contribution in [2.24, 2.45) is 0 Å². The van der Waals surface area contributed by atoms with E-state index in [1.807, 2.05) is 12.1 Å². The van der Waals surface area contributed by atoms with Crippen LogP contribution in [0.4, 0.5) is 0 Å². The number of aromatic amines is 1. The van der Waals surface area contributed by atoms with Gasteiger partial charge in [0.1, 0.15) is 5.69 Å². The largest absolute Gasteiger partial charge is 0.477 e. The quantitative estimate of drug-likeness (QED) is 0.848. The number of aromatic carboxylic acids is 1. The highest BCUT2D eigenvalue weighted by Crippen LogP contribution is 2.40. The van der Waals surface area contributed by atoms with Crippen LogP contribution < -0.4 is 0 Å². The summed E-state index contributed by atoms with van der Waals surface area (Å²) < 4.78 is 0. The first kappa shape index (κ1) is 10.1. The van der Waals surface area contributed by atoms with Crippen LogP contribution in [0.3, 0.4) is 0 Å². The minimum atomic E-state index is -0.988. The van der Waals surface area contributed by atoms with Crippen molar-refractivity contribution >= 4 is 5.97 Å². The lowest BCUT2D eigenvalue weighted by molar-refractivity contribution is 0.0690. The first-order valence-corrected chi connectivity index (χ1v) is 5.63. The maximum absolute atomic E-state index is 10.7. The van der Waals surface area contributed by atoms with E-state index in [0.717, 1.165) is 11.5 Å². The zero-order valence-corrected chi connectivity index (χ0v) is 9.18. The van der Waals surface area contributed by atoms with Crippen molar-refractivity contribution in [2.45, 2.75) is 18.8 Å². The van der Waals surface area contributed by atoms with Gasteiger partial charge in [0.05, 0.1) is 5.69 Å². The summed E-state index contributed by atoms with van der Waals surface area (Å²) in [5, 5.41) is 15.3. The van der Waals surface area contributed by atoms with E-state index in [9.17, 15) is 4.79 Å². The maximum Gasteiger partial charge on any atom is 0.353 e. The fourth-order valence-corrected chi connectivity index (χ4v) is 1.92. The van der Waals surface area contributed by atoms with Crippen LogP contribution in [0.5, 0.6) is 0 Å².